The van der Waals surface area contributed by atoms with Gasteiger partial charge in [0.25, 0.3) is 5.91 Å². The third-order valence-corrected chi connectivity index (χ3v) is 3.49. The van der Waals surface area contributed by atoms with Gasteiger partial charge in [0, 0.05) is 38.9 Å². The van der Waals surface area contributed by atoms with Gasteiger partial charge in [-0.25, -0.2) is 4.98 Å². The molecule has 0 bridgehead atoms. The van der Waals surface area contributed by atoms with Gasteiger partial charge in [0.2, 0.25) is 0 Å². The molecule has 1 fully saturated rings. The monoisotopic (exact) mass is 262 g/mol. The molecule has 0 aromatic carbocycles. The second-order valence-corrected chi connectivity index (χ2v) is 4.66. The number of aromatic nitrogens is 1. The molecule has 0 saturated carbocycles. The van der Waals surface area contributed by atoms with E-state index < -0.39 is 0 Å². The number of anilines is 1. The molecule has 1 aliphatic heterocycles. The molecule has 5 nitrogen and oxygen atoms in total. The second kappa shape index (κ2) is 6.52. The molecule has 0 radical (unpaired) electrons. The molecular formula is C14H22N4O. The predicted octanol–water partition coefficient (Wildman–Crippen LogP) is 1.29. The molecule has 0 spiro atoms. The molecule has 1 amide bonds. The zero-order chi connectivity index (χ0) is 13.7. The summed E-state index contributed by atoms with van der Waals surface area (Å²) < 4.78 is 0. The van der Waals surface area contributed by atoms with Crippen molar-refractivity contribution in [3.63, 3.8) is 0 Å². The minimum absolute atomic E-state index is 0.0832. The number of rotatable bonds is 4. The van der Waals surface area contributed by atoms with Crippen molar-refractivity contribution in [3.8, 4) is 0 Å². The summed E-state index contributed by atoms with van der Waals surface area (Å²) in [5.41, 5.74) is 0.675. The summed E-state index contributed by atoms with van der Waals surface area (Å²) in [6.07, 6.45) is 1.71. The van der Waals surface area contributed by atoms with Gasteiger partial charge in [0.1, 0.15) is 5.82 Å². The number of hydrogen-bond donors (Lipinski definition) is 1. The van der Waals surface area contributed by atoms with Crippen LogP contribution in [0.25, 0.3) is 0 Å². The highest BCUT2D eigenvalue weighted by molar-refractivity contribution is 5.98. The van der Waals surface area contributed by atoms with Crippen molar-refractivity contribution < 1.29 is 4.79 Å². The lowest BCUT2D eigenvalue weighted by Gasteiger charge is -2.34. The van der Waals surface area contributed by atoms with Gasteiger partial charge in [-0.15, -0.1) is 0 Å². The average molecular weight is 262 g/mol. The molecule has 0 aliphatic carbocycles. The topological polar surface area (TPSA) is 48.5 Å². The van der Waals surface area contributed by atoms with E-state index >= 15 is 0 Å². The molecule has 0 unspecified atom stereocenters. The van der Waals surface area contributed by atoms with Gasteiger partial charge in [-0.2, -0.15) is 0 Å². The fraction of sp³-hybridized carbons (Fsp3) is 0.571. The van der Waals surface area contributed by atoms with E-state index in [4.69, 9.17) is 0 Å². The van der Waals surface area contributed by atoms with Crippen LogP contribution in [0.4, 0.5) is 5.82 Å². The Balaban J connectivity index is 2.07. The number of pyridine rings is 1. The van der Waals surface area contributed by atoms with Gasteiger partial charge in [-0.3, -0.25) is 4.79 Å². The maximum atomic E-state index is 12.5. The van der Waals surface area contributed by atoms with Crippen LogP contribution in [0.3, 0.4) is 0 Å². The van der Waals surface area contributed by atoms with E-state index in [1.807, 2.05) is 24.0 Å². The Labute approximate surface area is 114 Å². The summed E-state index contributed by atoms with van der Waals surface area (Å²) in [5, 5.41) is 3.15. The van der Waals surface area contributed by atoms with Crippen LogP contribution in [-0.2, 0) is 0 Å². The van der Waals surface area contributed by atoms with Crippen LogP contribution in [0.1, 0.15) is 24.2 Å². The summed E-state index contributed by atoms with van der Waals surface area (Å²) >= 11 is 0. The van der Waals surface area contributed by atoms with Crippen LogP contribution < -0.4 is 5.32 Å². The Bertz CT molecular complexity index is 427. The lowest BCUT2D eigenvalue weighted by atomic mass is 10.2. The molecule has 1 saturated heterocycles. The summed E-state index contributed by atoms with van der Waals surface area (Å²) in [5.74, 6) is 0.771. The minimum atomic E-state index is 0.0832. The van der Waals surface area contributed by atoms with Gasteiger partial charge in [0.15, 0.2) is 0 Å². The molecule has 2 heterocycles. The van der Waals surface area contributed by atoms with Crippen LogP contribution in [0.5, 0.6) is 0 Å². The molecule has 19 heavy (non-hydrogen) atoms. The lowest BCUT2D eigenvalue weighted by molar-refractivity contribution is 0.0644. The first-order valence-corrected chi connectivity index (χ1v) is 6.96. The number of carbonyl (C=O) groups excluding carboxylic acids is 1. The largest absolute Gasteiger partial charge is 0.370 e. The van der Waals surface area contributed by atoms with Crippen molar-refractivity contribution >= 4 is 11.7 Å². The van der Waals surface area contributed by atoms with E-state index in [0.29, 0.717) is 11.4 Å². The fourth-order valence-corrected chi connectivity index (χ4v) is 2.32. The van der Waals surface area contributed by atoms with Crippen LogP contribution in [-0.4, -0.2) is 60.0 Å². The average Bonchev–Trinajstić information content (AvgIpc) is 2.47. The normalized spacial score (nSPS) is 16.4. The van der Waals surface area contributed by atoms with Crippen molar-refractivity contribution in [2.24, 2.45) is 0 Å². The first-order chi connectivity index (χ1) is 9.26. The maximum absolute atomic E-state index is 12.5. The van der Waals surface area contributed by atoms with Gasteiger partial charge < -0.3 is 15.1 Å². The summed E-state index contributed by atoms with van der Waals surface area (Å²) in [4.78, 5) is 21.0. The number of amides is 1. The fourth-order valence-electron chi connectivity index (χ4n) is 2.32. The number of nitrogens with zero attached hydrogens (tertiary/aromatic N) is 3. The Kier molecular flexibility index (Phi) is 4.74. The Morgan fingerprint density at radius 2 is 2.05 bits per heavy atom. The smallest absolute Gasteiger partial charge is 0.257 e. The summed E-state index contributed by atoms with van der Waals surface area (Å²) in [6.45, 7) is 9.49. The van der Waals surface area contributed by atoms with Crippen LogP contribution >= 0.6 is 0 Å². The quantitative estimate of drug-likeness (QED) is 0.888. The number of piperazine rings is 1. The first kappa shape index (κ1) is 13.8. The van der Waals surface area contributed by atoms with E-state index in [0.717, 1.165) is 39.3 Å². The molecular weight excluding hydrogens is 240 g/mol. The highest BCUT2D eigenvalue weighted by Gasteiger charge is 2.23. The van der Waals surface area contributed by atoms with Crippen molar-refractivity contribution in [2.75, 3.05) is 44.6 Å². The number of carbonyl (C=O) groups is 1. The van der Waals surface area contributed by atoms with Crippen molar-refractivity contribution in [3.05, 3.63) is 23.9 Å². The number of nitrogens with one attached hydrogen (secondary N) is 1. The van der Waals surface area contributed by atoms with Crippen molar-refractivity contribution in [2.45, 2.75) is 13.8 Å². The highest BCUT2D eigenvalue weighted by Crippen LogP contribution is 2.15. The number of hydrogen-bond acceptors (Lipinski definition) is 4. The maximum Gasteiger partial charge on any atom is 0.257 e. The second-order valence-electron chi connectivity index (χ2n) is 4.66. The zero-order valence-electron chi connectivity index (χ0n) is 11.7. The van der Waals surface area contributed by atoms with Crippen molar-refractivity contribution in [1.82, 2.24) is 14.8 Å². The summed E-state index contributed by atoms with van der Waals surface area (Å²) in [6, 6.07) is 3.66. The van der Waals surface area contributed by atoms with Crippen LogP contribution in [0, 0.1) is 0 Å². The first-order valence-electron chi connectivity index (χ1n) is 6.96. The molecule has 1 aromatic rings. The predicted molar refractivity (Wildman–Crippen MR) is 76.4 cm³/mol. The highest BCUT2D eigenvalue weighted by atomic mass is 16.2. The van der Waals surface area contributed by atoms with Gasteiger partial charge in [0.05, 0.1) is 5.56 Å². The van der Waals surface area contributed by atoms with E-state index in [9.17, 15) is 4.79 Å². The Morgan fingerprint density at radius 3 is 2.68 bits per heavy atom. The molecule has 1 N–H and O–H groups in total. The SMILES string of the molecule is CCNc1ncccc1C(=O)N1CCN(CC)CC1. The van der Waals surface area contributed by atoms with Crippen molar-refractivity contribution in [1.29, 1.82) is 0 Å². The molecule has 0 atom stereocenters. The van der Waals surface area contributed by atoms with Gasteiger partial charge >= 0.3 is 0 Å². The van der Waals surface area contributed by atoms with E-state index in [1.54, 1.807) is 6.20 Å². The van der Waals surface area contributed by atoms with Gasteiger partial charge in [-0.05, 0) is 25.6 Å². The third-order valence-electron chi connectivity index (χ3n) is 3.49. The molecule has 5 heteroatoms. The summed E-state index contributed by atoms with van der Waals surface area (Å²) in [7, 11) is 0. The minimum Gasteiger partial charge on any atom is -0.370 e. The third kappa shape index (κ3) is 3.23. The van der Waals surface area contributed by atoms with Crippen LogP contribution in [0.2, 0.25) is 0 Å². The van der Waals surface area contributed by atoms with Gasteiger partial charge in [-0.1, -0.05) is 6.92 Å². The molecule has 104 valence electrons. The molecule has 2 rings (SSSR count). The lowest BCUT2D eigenvalue weighted by Crippen LogP contribution is -2.48. The molecule has 1 aromatic heterocycles. The van der Waals surface area contributed by atoms with Crippen LogP contribution in [0.15, 0.2) is 18.3 Å². The molecule has 1 aliphatic rings. The van der Waals surface area contributed by atoms with E-state index in [1.165, 1.54) is 0 Å². The Hall–Kier alpha value is -1.62. The van der Waals surface area contributed by atoms with E-state index in [2.05, 4.69) is 22.1 Å². The number of likely N-dealkylation sites (N-methyl/N-ethyl adjacent to an activating group) is 1. The standard InChI is InChI=1S/C14H22N4O/c1-3-15-13-12(6-5-7-16-13)14(19)18-10-8-17(4-2)9-11-18/h5-7H,3-4,8-11H2,1-2H3,(H,15,16). The van der Waals surface area contributed by atoms with E-state index in [-0.39, 0.29) is 5.91 Å². The Morgan fingerprint density at radius 1 is 1.32 bits per heavy atom. The zero-order valence-corrected chi connectivity index (χ0v) is 11.7.